The van der Waals surface area contributed by atoms with Crippen LogP contribution in [0.15, 0.2) is 23.0 Å². The largest absolute Gasteiger partial charge is 0.472 e. The van der Waals surface area contributed by atoms with E-state index < -0.39 is 0 Å². The summed E-state index contributed by atoms with van der Waals surface area (Å²) in [5.41, 5.74) is 1.10. The van der Waals surface area contributed by atoms with Gasteiger partial charge in [0.2, 0.25) is 0 Å². The lowest BCUT2D eigenvalue weighted by molar-refractivity contribution is 0.565. The van der Waals surface area contributed by atoms with Crippen LogP contribution in [-0.4, -0.2) is 0 Å². The highest BCUT2D eigenvalue weighted by Gasteiger charge is 1.86. The summed E-state index contributed by atoms with van der Waals surface area (Å²) in [4.78, 5) is 0. The predicted molar refractivity (Wildman–Crippen MR) is 35.5 cm³/mol. The second-order valence-corrected chi connectivity index (χ2v) is 1.66. The van der Waals surface area contributed by atoms with Crippen molar-refractivity contribution in [2.45, 2.75) is 6.42 Å². The third kappa shape index (κ3) is 1.65. The zero-order valence-corrected chi connectivity index (χ0v) is 5.05. The van der Waals surface area contributed by atoms with Crippen LogP contribution in [0.1, 0.15) is 5.56 Å². The highest BCUT2D eigenvalue weighted by molar-refractivity contribution is 5.15. The molecule has 1 radical (unpaired) electrons. The average molecular weight is 119 g/mol. The Morgan fingerprint density at radius 2 is 2.56 bits per heavy atom. The third-order valence-corrected chi connectivity index (χ3v) is 0.998. The maximum atomic E-state index is 4.82. The Morgan fingerprint density at radius 1 is 1.67 bits per heavy atom. The monoisotopic (exact) mass is 119 g/mol. The summed E-state index contributed by atoms with van der Waals surface area (Å²) in [6, 6.07) is 1.89. The molecule has 0 fully saturated rings. The van der Waals surface area contributed by atoms with Gasteiger partial charge in [-0.2, -0.15) is 0 Å². The molecule has 1 heterocycles. The van der Waals surface area contributed by atoms with Gasteiger partial charge < -0.3 is 4.42 Å². The van der Waals surface area contributed by atoms with Crippen molar-refractivity contribution in [1.29, 1.82) is 0 Å². The summed E-state index contributed by atoms with van der Waals surface area (Å²) in [6.45, 7) is 3.39. The van der Waals surface area contributed by atoms with Crippen LogP contribution in [-0.2, 0) is 6.42 Å². The highest BCUT2D eigenvalue weighted by Crippen LogP contribution is 1.98. The van der Waals surface area contributed by atoms with Crippen LogP contribution in [0.5, 0.6) is 0 Å². The Morgan fingerprint density at radius 3 is 3.11 bits per heavy atom. The summed E-state index contributed by atoms with van der Waals surface area (Å²) < 4.78 is 4.82. The van der Waals surface area contributed by atoms with Crippen LogP contribution in [0.3, 0.4) is 0 Å². The van der Waals surface area contributed by atoms with E-state index in [-0.39, 0.29) is 0 Å². The van der Waals surface area contributed by atoms with E-state index in [9.17, 15) is 0 Å². The van der Waals surface area contributed by atoms with E-state index in [0.29, 0.717) is 0 Å². The van der Waals surface area contributed by atoms with Gasteiger partial charge in [-0.1, -0.05) is 5.92 Å². The second kappa shape index (κ2) is 2.99. The first-order valence-electron chi connectivity index (χ1n) is 2.69. The van der Waals surface area contributed by atoms with E-state index >= 15 is 0 Å². The topological polar surface area (TPSA) is 13.1 Å². The summed E-state index contributed by atoms with van der Waals surface area (Å²) >= 11 is 0. The van der Waals surface area contributed by atoms with Gasteiger partial charge in [0.1, 0.15) is 0 Å². The molecule has 0 saturated heterocycles. The Balaban J connectivity index is 2.54. The third-order valence-electron chi connectivity index (χ3n) is 0.998. The first kappa shape index (κ1) is 5.97. The molecular weight excluding hydrogens is 112 g/mol. The molecule has 0 aliphatic carbocycles. The van der Waals surface area contributed by atoms with Gasteiger partial charge in [0.05, 0.1) is 12.5 Å². The van der Waals surface area contributed by atoms with Crippen molar-refractivity contribution in [3.63, 3.8) is 0 Å². The summed E-state index contributed by atoms with van der Waals surface area (Å²) in [6.07, 6.45) is 4.06. The van der Waals surface area contributed by atoms with E-state index in [2.05, 4.69) is 18.8 Å². The van der Waals surface area contributed by atoms with Crippen LogP contribution >= 0.6 is 0 Å². The van der Waals surface area contributed by atoms with Crippen molar-refractivity contribution in [2.75, 3.05) is 0 Å². The van der Waals surface area contributed by atoms with Crippen LogP contribution < -0.4 is 0 Å². The standard InChI is InChI=1S/C8H7O/c1-2-3-4-8-5-6-9-7-8/h5-7H,1,4H2. The van der Waals surface area contributed by atoms with Crippen molar-refractivity contribution in [3.8, 4) is 11.8 Å². The molecule has 0 N–H and O–H groups in total. The molecule has 0 atom stereocenters. The molecule has 1 aromatic heterocycles. The van der Waals surface area contributed by atoms with Gasteiger partial charge in [0.15, 0.2) is 0 Å². The van der Waals surface area contributed by atoms with Crippen molar-refractivity contribution in [1.82, 2.24) is 0 Å². The van der Waals surface area contributed by atoms with Gasteiger partial charge >= 0.3 is 0 Å². The molecule has 0 aliphatic heterocycles. The summed E-state index contributed by atoms with van der Waals surface area (Å²) in [7, 11) is 0. The SMILES string of the molecule is [CH2]C#CCc1ccoc1. The van der Waals surface area contributed by atoms with Crippen LogP contribution in [0.4, 0.5) is 0 Å². The zero-order valence-electron chi connectivity index (χ0n) is 5.05. The lowest BCUT2D eigenvalue weighted by Gasteiger charge is -1.78. The van der Waals surface area contributed by atoms with E-state index in [0.717, 1.165) is 12.0 Å². The van der Waals surface area contributed by atoms with Gasteiger partial charge in [-0.15, -0.1) is 5.92 Å². The minimum atomic E-state index is 0.736. The minimum Gasteiger partial charge on any atom is -0.472 e. The van der Waals surface area contributed by atoms with Crippen molar-refractivity contribution >= 4 is 0 Å². The van der Waals surface area contributed by atoms with E-state index in [1.165, 1.54) is 0 Å². The Hall–Kier alpha value is -1.16. The van der Waals surface area contributed by atoms with E-state index in [4.69, 9.17) is 4.42 Å². The molecular formula is C8H7O. The maximum absolute atomic E-state index is 4.82. The molecule has 0 unspecified atom stereocenters. The smallest absolute Gasteiger partial charge is 0.0944 e. The fourth-order valence-corrected chi connectivity index (χ4v) is 0.558. The number of furan rings is 1. The first-order valence-corrected chi connectivity index (χ1v) is 2.69. The Kier molecular flexibility index (Phi) is 1.98. The van der Waals surface area contributed by atoms with Gasteiger partial charge in [0, 0.05) is 18.9 Å². The lowest BCUT2D eigenvalue weighted by Crippen LogP contribution is -1.72. The molecule has 0 bridgehead atoms. The van der Waals surface area contributed by atoms with Crippen LogP contribution in [0.25, 0.3) is 0 Å². The fraction of sp³-hybridized carbons (Fsp3) is 0.125. The lowest BCUT2D eigenvalue weighted by atomic mass is 10.2. The number of hydrogen-bond donors (Lipinski definition) is 0. The van der Waals surface area contributed by atoms with Crippen LogP contribution in [0.2, 0.25) is 0 Å². The van der Waals surface area contributed by atoms with Gasteiger partial charge in [-0.3, -0.25) is 0 Å². The van der Waals surface area contributed by atoms with Crippen molar-refractivity contribution in [2.24, 2.45) is 0 Å². The number of hydrogen-bond acceptors (Lipinski definition) is 1. The van der Waals surface area contributed by atoms with Gasteiger partial charge in [0.25, 0.3) is 0 Å². The zero-order chi connectivity index (χ0) is 6.53. The fourth-order valence-electron chi connectivity index (χ4n) is 0.558. The molecule has 1 heteroatoms. The van der Waals surface area contributed by atoms with Crippen LogP contribution in [0, 0.1) is 18.8 Å². The van der Waals surface area contributed by atoms with E-state index in [1.807, 2.05) is 6.07 Å². The normalized spacial score (nSPS) is 8.11. The molecule has 0 aliphatic rings. The van der Waals surface area contributed by atoms with Gasteiger partial charge in [-0.25, -0.2) is 0 Å². The molecule has 1 aromatic rings. The quantitative estimate of drug-likeness (QED) is 0.512. The van der Waals surface area contributed by atoms with Gasteiger partial charge in [-0.05, 0) is 6.07 Å². The molecule has 0 saturated carbocycles. The Labute approximate surface area is 54.7 Å². The molecule has 0 amide bonds. The molecule has 0 spiro atoms. The summed E-state index contributed by atoms with van der Waals surface area (Å²) in [5, 5.41) is 0. The minimum absolute atomic E-state index is 0.736. The molecule has 0 aromatic carbocycles. The van der Waals surface area contributed by atoms with E-state index in [1.54, 1.807) is 12.5 Å². The molecule has 45 valence electrons. The predicted octanol–water partition coefficient (Wildman–Crippen LogP) is 1.66. The molecule has 1 rings (SSSR count). The number of rotatable bonds is 1. The second-order valence-electron chi connectivity index (χ2n) is 1.66. The molecule has 1 nitrogen and oxygen atoms in total. The summed E-state index contributed by atoms with van der Waals surface area (Å²) in [5.74, 6) is 5.39. The average Bonchev–Trinajstić information content (AvgIpc) is 2.34. The first-order chi connectivity index (χ1) is 4.43. The Bertz CT molecular complexity index is 210. The molecule has 9 heavy (non-hydrogen) atoms. The van der Waals surface area contributed by atoms with Crippen molar-refractivity contribution in [3.05, 3.63) is 31.1 Å². The van der Waals surface area contributed by atoms with Crippen molar-refractivity contribution < 1.29 is 4.42 Å². The highest BCUT2D eigenvalue weighted by atomic mass is 16.3. The maximum Gasteiger partial charge on any atom is 0.0944 e.